The van der Waals surface area contributed by atoms with Gasteiger partial charge in [0, 0.05) is 24.3 Å². The lowest BCUT2D eigenvalue weighted by Gasteiger charge is -2.08. The van der Waals surface area contributed by atoms with Crippen LogP contribution in [0.4, 0.5) is 0 Å². The molecule has 0 saturated heterocycles. The average molecular weight is 313 g/mol. The average Bonchev–Trinajstić information content (AvgIpc) is 3.23. The lowest BCUT2D eigenvalue weighted by atomic mass is 10.1. The fourth-order valence-electron chi connectivity index (χ4n) is 2.12. The van der Waals surface area contributed by atoms with Crippen LogP contribution < -0.4 is 5.32 Å². The van der Waals surface area contributed by atoms with E-state index in [-0.39, 0.29) is 5.91 Å². The predicted octanol–water partition coefficient (Wildman–Crippen LogP) is 1.91. The van der Waals surface area contributed by atoms with Gasteiger partial charge < -0.3 is 9.88 Å². The van der Waals surface area contributed by atoms with Crippen LogP contribution in [0.1, 0.15) is 21.9 Å². The Kier molecular flexibility index (Phi) is 4.55. The maximum atomic E-state index is 11.8. The predicted molar refractivity (Wildman–Crippen MR) is 83.5 cm³/mol. The molecule has 1 amide bonds. The number of carbonyl (C=O) groups is 1. The first-order valence-corrected chi connectivity index (χ1v) is 7.76. The summed E-state index contributed by atoms with van der Waals surface area (Å²) in [5.41, 5.74) is 1.62. The van der Waals surface area contributed by atoms with Crippen molar-refractivity contribution < 1.29 is 4.79 Å². The number of amides is 1. The van der Waals surface area contributed by atoms with Crippen LogP contribution in [0.2, 0.25) is 0 Å². The van der Waals surface area contributed by atoms with Crippen LogP contribution in [0.5, 0.6) is 0 Å². The number of rotatable bonds is 6. The maximum absolute atomic E-state index is 11.8. The number of carbonyl (C=O) groups excluding carboxylic acids is 1. The van der Waals surface area contributed by atoms with Gasteiger partial charge in [0.25, 0.3) is 5.91 Å². The monoisotopic (exact) mass is 313 g/mol. The van der Waals surface area contributed by atoms with Crippen LogP contribution in [-0.4, -0.2) is 25.0 Å². The highest BCUT2D eigenvalue weighted by Gasteiger charge is 2.10. The molecule has 22 heavy (non-hydrogen) atoms. The number of nitrogens with one attached hydrogen (secondary N) is 1. The smallest absolute Gasteiger partial charge is 0.273 e. The lowest BCUT2D eigenvalue weighted by Crippen LogP contribution is -2.25. The number of benzene rings is 1. The molecule has 3 rings (SSSR count). The summed E-state index contributed by atoms with van der Waals surface area (Å²) in [6.45, 7) is 1.20. The van der Waals surface area contributed by atoms with Gasteiger partial charge in [-0.1, -0.05) is 34.8 Å². The molecule has 1 aromatic carbocycles. The van der Waals surface area contributed by atoms with E-state index in [2.05, 4.69) is 32.0 Å². The molecule has 7 heteroatoms. The van der Waals surface area contributed by atoms with E-state index in [0.717, 1.165) is 30.3 Å². The van der Waals surface area contributed by atoms with Gasteiger partial charge >= 0.3 is 0 Å². The molecule has 2 aromatic heterocycles. The third kappa shape index (κ3) is 3.56. The van der Waals surface area contributed by atoms with Gasteiger partial charge in [0.05, 0.1) is 6.54 Å². The molecule has 2 heterocycles. The van der Waals surface area contributed by atoms with Crippen molar-refractivity contribution in [1.29, 1.82) is 0 Å². The number of nitrogens with zero attached hydrogens (tertiary/aromatic N) is 4. The Morgan fingerprint density at radius 2 is 2.14 bits per heavy atom. The Labute approximate surface area is 132 Å². The van der Waals surface area contributed by atoms with Crippen molar-refractivity contribution in [1.82, 2.24) is 24.5 Å². The van der Waals surface area contributed by atoms with Crippen molar-refractivity contribution in [2.24, 2.45) is 0 Å². The number of imidazole rings is 1. The van der Waals surface area contributed by atoms with Crippen LogP contribution in [-0.2, 0) is 19.5 Å². The zero-order valence-corrected chi connectivity index (χ0v) is 12.7. The highest BCUT2D eigenvalue weighted by molar-refractivity contribution is 7.03. The summed E-state index contributed by atoms with van der Waals surface area (Å²) < 4.78 is 5.73. The van der Waals surface area contributed by atoms with Crippen molar-refractivity contribution in [2.75, 3.05) is 0 Å². The van der Waals surface area contributed by atoms with Gasteiger partial charge in [-0.3, -0.25) is 4.79 Å². The molecular weight excluding hydrogens is 298 g/mol. The van der Waals surface area contributed by atoms with Gasteiger partial charge in [-0.15, -0.1) is 5.10 Å². The van der Waals surface area contributed by atoms with Crippen molar-refractivity contribution in [3.05, 3.63) is 65.2 Å². The van der Waals surface area contributed by atoms with Crippen LogP contribution in [0.15, 0.2) is 48.1 Å². The van der Waals surface area contributed by atoms with Crippen molar-refractivity contribution in [2.45, 2.75) is 19.5 Å². The summed E-state index contributed by atoms with van der Waals surface area (Å²) in [7, 11) is 0. The van der Waals surface area contributed by atoms with E-state index in [9.17, 15) is 4.79 Å². The van der Waals surface area contributed by atoms with E-state index in [0.29, 0.717) is 12.2 Å². The third-order valence-corrected chi connectivity index (χ3v) is 3.79. The van der Waals surface area contributed by atoms with Gasteiger partial charge in [0.15, 0.2) is 5.69 Å². The van der Waals surface area contributed by atoms with Gasteiger partial charge in [-0.2, -0.15) is 0 Å². The Morgan fingerprint density at radius 1 is 1.27 bits per heavy atom. The van der Waals surface area contributed by atoms with E-state index in [4.69, 9.17) is 0 Å². The standard InChI is InChI=1S/C15H15N5OS/c21-15(13-11-22-19-18-13)17-10-14-16-7-9-20(14)8-6-12-4-2-1-3-5-12/h1-5,7,9,11H,6,8,10H2,(H,17,21). The Hall–Kier alpha value is -2.54. The zero-order valence-electron chi connectivity index (χ0n) is 11.8. The molecule has 1 N–H and O–H groups in total. The fraction of sp³-hybridized carbons (Fsp3) is 0.200. The topological polar surface area (TPSA) is 72.7 Å². The number of aromatic nitrogens is 4. The first-order chi connectivity index (χ1) is 10.8. The molecule has 112 valence electrons. The molecule has 0 aliphatic heterocycles. The van der Waals surface area contributed by atoms with E-state index in [1.54, 1.807) is 11.6 Å². The van der Waals surface area contributed by atoms with Crippen molar-refractivity contribution in [3.63, 3.8) is 0 Å². The lowest BCUT2D eigenvalue weighted by molar-refractivity contribution is 0.0944. The quantitative estimate of drug-likeness (QED) is 0.754. The largest absolute Gasteiger partial charge is 0.343 e. The molecule has 0 bridgehead atoms. The fourth-order valence-corrected chi connectivity index (χ4v) is 2.55. The molecule has 0 spiro atoms. The van der Waals surface area contributed by atoms with Crippen LogP contribution in [0, 0.1) is 0 Å². The summed E-state index contributed by atoms with van der Waals surface area (Å²) in [6.07, 6.45) is 4.60. The molecule has 0 aliphatic rings. The molecule has 0 atom stereocenters. The molecule has 0 radical (unpaired) electrons. The van der Waals surface area contributed by atoms with E-state index < -0.39 is 0 Å². The summed E-state index contributed by atoms with van der Waals surface area (Å²) in [6, 6.07) is 10.3. The van der Waals surface area contributed by atoms with Crippen molar-refractivity contribution >= 4 is 17.4 Å². The second-order valence-corrected chi connectivity index (χ2v) is 5.36. The molecule has 0 fully saturated rings. The molecule has 3 aromatic rings. The molecule has 6 nitrogen and oxygen atoms in total. The SMILES string of the molecule is O=C(NCc1nccn1CCc1ccccc1)c1csnn1. The second-order valence-electron chi connectivity index (χ2n) is 4.75. The van der Waals surface area contributed by atoms with Gasteiger partial charge in [0.2, 0.25) is 0 Å². The summed E-state index contributed by atoms with van der Waals surface area (Å²) in [4.78, 5) is 16.1. The van der Waals surface area contributed by atoms with Gasteiger partial charge in [0.1, 0.15) is 5.82 Å². The number of aryl methyl sites for hydroxylation is 2. The maximum Gasteiger partial charge on any atom is 0.273 e. The van der Waals surface area contributed by atoms with E-state index >= 15 is 0 Å². The third-order valence-electron chi connectivity index (χ3n) is 3.29. The van der Waals surface area contributed by atoms with Gasteiger partial charge in [-0.25, -0.2) is 4.98 Å². The minimum Gasteiger partial charge on any atom is -0.343 e. The molecule has 0 saturated carbocycles. The second kappa shape index (κ2) is 6.95. The first-order valence-electron chi connectivity index (χ1n) is 6.92. The van der Waals surface area contributed by atoms with E-state index in [1.807, 2.05) is 29.0 Å². The Morgan fingerprint density at radius 3 is 2.91 bits per heavy atom. The van der Waals surface area contributed by atoms with Crippen LogP contribution in [0.3, 0.4) is 0 Å². The molecule has 0 unspecified atom stereocenters. The number of hydrogen-bond donors (Lipinski definition) is 1. The Bertz CT molecular complexity index is 723. The molecule has 0 aliphatic carbocycles. The summed E-state index contributed by atoms with van der Waals surface area (Å²) in [5, 5.41) is 8.17. The van der Waals surface area contributed by atoms with Gasteiger partial charge in [-0.05, 0) is 23.5 Å². The molecular formula is C15H15N5OS. The van der Waals surface area contributed by atoms with Crippen molar-refractivity contribution in [3.8, 4) is 0 Å². The van der Waals surface area contributed by atoms with E-state index in [1.165, 1.54) is 5.56 Å². The van der Waals surface area contributed by atoms with Crippen LogP contribution >= 0.6 is 11.5 Å². The zero-order chi connectivity index (χ0) is 15.2. The minimum absolute atomic E-state index is 0.230. The number of hydrogen-bond acceptors (Lipinski definition) is 5. The normalized spacial score (nSPS) is 10.5. The first kappa shape index (κ1) is 14.4. The van der Waals surface area contributed by atoms with Crippen LogP contribution in [0.25, 0.3) is 0 Å². The summed E-state index contributed by atoms with van der Waals surface area (Å²) in [5.74, 6) is 0.596. The highest BCUT2D eigenvalue weighted by atomic mass is 32.1. The summed E-state index contributed by atoms with van der Waals surface area (Å²) >= 11 is 1.16. The Balaban J connectivity index is 1.57. The highest BCUT2D eigenvalue weighted by Crippen LogP contribution is 2.05. The minimum atomic E-state index is -0.230.